The minimum atomic E-state index is -0.115. The van der Waals surface area contributed by atoms with Crippen LogP contribution in [0.15, 0.2) is 99.9 Å². The van der Waals surface area contributed by atoms with E-state index in [0.717, 1.165) is 69.1 Å². The number of amides is 1. The SMILES string of the molecule is CCCCc1oc2cccc(Cc3ccccc3)c2c1C(=O)NCc1ccc(-c2ccc(OCC#N)c(Br)c2)cc1. The number of carbonyl (C=O) groups is 1. The lowest BCUT2D eigenvalue weighted by Crippen LogP contribution is -2.23. The molecular formula is C35H31BrN2O3. The van der Waals surface area contributed by atoms with Crippen LogP contribution in [0.2, 0.25) is 0 Å². The van der Waals surface area contributed by atoms with Gasteiger partial charge in [0.2, 0.25) is 0 Å². The number of fused-ring (bicyclic) bond motifs is 1. The summed E-state index contributed by atoms with van der Waals surface area (Å²) in [6.07, 6.45) is 3.43. The summed E-state index contributed by atoms with van der Waals surface area (Å²) >= 11 is 3.52. The lowest BCUT2D eigenvalue weighted by atomic mass is 9.97. The highest BCUT2D eigenvalue weighted by Crippen LogP contribution is 2.33. The smallest absolute Gasteiger partial charge is 0.255 e. The number of nitrogens with zero attached hydrogens (tertiary/aromatic N) is 1. The van der Waals surface area contributed by atoms with Crippen molar-refractivity contribution in [3.05, 3.63) is 123 Å². The van der Waals surface area contributed by atoms with E-state index in [1.165, 1.54) is 5.56 Å². The minimum Gasteiger partial charge on any atom is -0.478 e. The number of hydrogen-bond acceptors (Lipinski definition) is 4. The molecule has 0 aliphatic rings. The first-order valence-electron chi connectivity index (χ1n) is 13.8. The molecule has 0 radical (unpaired) electrons. The van der Waals surface area contributed by atoms with E-state index >= 15 is 0 Å². The van der Waals surface area contributed by atoms with Gasteiger partial charge < -0.3 is 14.5 Å². The first kappa shape index (κ1) is 28.2. The fourth-order valence-electron chi connectivity index (χ4n) is 4.98. The van der Waals surface area contributed by atoms with Crippen LogP contribution in [-0.2, 0) is 19.4 Å². The maximum atomic E-state index is 13.7. The number of ether oxygens (including phenoxy) is 1. The first-order valence-corrected chi connectivity index (χ1v) is 14.6. The van der Waals surface area contributed by atoms with Crippen molar-refractivity contribution in [2.24, 2.45) is 0 Å². The van der Waals surface area contributed by atoms with Crippen LogP contribution in [0.3, 0.4) is 0 Å². The fraction of sp³-hybridized carbons (Fsp3) is 0.200. The Balaban J connectivity index is 1.35. The molecule has 0 atom stereocenters. The average molecular weight is 608 g/mol. The summed E-state index contributed by atoms with van der Waals surface area (Å²) < 4.78 is 12.5. The first-order chi connectivity index (χ1) is 20.1. The number of halogens is 1. The summed E-state index contributed by atoms with van der Waals surface area (Å²) in [4.78, 5) is 13.7. The van der Waals surface area contributed by atoms with Gasteiger partial charge >= 0.3 is 0 Å². The summed E-state index contributed by atoms with van der Waals surface area (Å²) in [5.41, 5.74) is 6.76. The molecule has 1 aromatic heterocycles. The van der Waals surface area contributed by atoms with Crippen LogP contribution in [0.1, 0.15) is 52.6 Å². The molecule has 6 heteroatoms. The highest BCUT2D eigenvalue weighted by Gasteiger charge is 2.23. The Labute approximate surface area is 248 Å². The maximum absolute atomic E-state index is 13.7. The van der Waals surface area contributed by atoms with Crippen molar-refractivity contribution >= 4 is 32.8 Å². The van der Waals surface area contributed by atoms with Crippen molar-refractivity contribution in [2.45, 2.75) is 39.2 Å². The maximum Gasteiger partial charge on any atom is 0.255 e. The van der Waals surface area contributed by atoms with E-state index in [9.17, 15) is 4.79 Å². The van der Waals surface area contributed by atoms with E-state index in [1.54, 1.807) is 0 Å². The van der Waals surface area contributed by atoms with Crippen LogP contribution in [-0.4, -0.2) is 12.5 Å². The topological polar surface area (TPSA) is 75.3 Å². The third-order valence-electron chi connectivity index (χ3n) is 7.06. The van der Waals surface area contributed by atoms with Crippen molar-refractivity contribution in [1.82, 2.24) is 5.32 Å². The number of furan rings is 1. The number of unbranched alkanes of at least 4 members (excludes halogenated alkanes) is 1. The van der Waals surface area contributed by atoms with E-state index in [0.29, 0.717) is 17.9 Å². The predicted octanol–water partition coefficient (Wildman–Crippen LogP) is 8.63. The minimum absolute atomic E-state index is 0.00140. The quantitative estimate of drug-likeness (QED) is 0.163. The van der Waals surface area contributed by atoms with Gasteiger partial charge in [-0.15, -0.1) is 0 Å². The summed E-state index contributed by atoms with van der Waals surface area (Å²) in [7, 11) is 0. The van der Waals surface area contributed by atoms with Gasteiger partial charge in [-0.25, -0.2) is 0 Å². The number of carbonyl (C=O) groups excluding carboxylic acids is 1. The number of nitrogens with one attached hydrogen (secondary N) is 1. The van der Waals surface area contributed by atoms with Gasteiger partial charge in [-0.05, 0) is 74.8 Å². The Kier molecular flexibility index (Phi) is 9.18. The standard InChI is InChI=1S/C35H31BrN2O3/c1-2-3-11-32-34(33-28(10-7-12-31(33)41-32)21-24-8-5-4-6-9-24)35(39)38-23-25-13-15-26(16-14-25)27-17-18-30(29(36)22-27)40-20-19-37/h4-10,12-18,22H,2-3,11,20-21,23H2,1H3,(H,38,39). The molecule has 5 nitrogen and oxygen atoms in total. The predicted molar refractivity (Wildman–Crippen MR) is 166 cm³/mol. The number of rotatable bonds is 11. The highest BCUT2D eigenvalue weighted by atomic mass is 79.9. The van der Waals surface area contributed by atoms with Crippen molar-refractivity contribution in [3.63, 3.8) is 0 Å². The van der Waals surface area contributed by atoms with Gasteiger partial charge in [-0.2, -0.15) is 5.26 Å². The van der Waals surface area contributed by atoms with E-state index in [2.05, 4.69) is 46.4 Å². The molecule has 1 heterocycles. The Hall–Kier alpha value is -4.34. The van der Waals surface area contributed by atoms with Gasteiger partial charge in [-0.1, -0.05) is 86.1 Å². The summed E-state index contributed by atoms with van der Waals surface area (Å²) in [5, 5.41) is 12.8. The Morgan fingerprint density at radius 2 is 1.73 bits per heavy atom. The molecule has 5 aromatic rings. The number of benzene rings is 4. The molecule has 206 valence electrons. The zero-order valence-electron chi connectivity index (χ0n) is 23.0. The van der Waals surface area contributed by atoms with Crippen LogP contribution >= 0.6 is 15.9 Å². The lowest BCUT2D eigenvalue weighted by molar-refractivity contribution is 0.0950. The molecule has 0 aliphatic carbocycles. The van der Waals surface area contributed by atoms with E-state index in [-0.39, 0.29) is 12.5 Å². The number of nitriles is 1. The van der Waals surface area contributed by atoms with Crippen molar-refractivity contribution in [1.29, 1.82) is 5.26 Å². The number of hydrogen-bond donors (Lipinski definition) is 1. The van der Waals surface area contributed by atoms with Crippen molar-refractivity contribution < 1.29 is 13.9 Å². The lowest BCUT2D eigenvalue weighted by Gasteiger charge is -2.10. The fourth-order valence-corrected chi connectivity index (χ4v) is 5.47. The van der Waals surface area contributed by atoms with Gasteiger partial charge in [0.25, 0.3) is 5.91 Å². The third-order valence-corrected chi connectivity index (χ3v) is 7.68. The second kappa shape index (κ2) is 13.3. The van der Waals surface area contributed by atoms with E-state index in [1.807, 2.05) is 78.9 Å². The molecule has 0 saturated heterocycles. The van der Waals surface area contributed by atoms with E-state index in [4.69, 9.17) is 14.4 Å². The molecule has 4 aromatic carbocycles. The van der Waals surface area contributed by atoms with E-state index < -0.39 is 0 Å². The van der Waals surface area contributed by atoms with Gasteiger partial charge in [0, 0.05) is 18.4 Å². The molecule has 5 rings (SSSR count). The monoisotopic (exact) mass is 606 g/mol. The van der Waals surface area contributed by atoms with Gasteiger partial charge in [-0.3, -0.25) is 4.79 Å². The molecule has 0 bridgehead atoms. The number of aryl methyl sites for hydroxylation is 1. The Morgan fingerprint density at radius 1 is 0.951 bits per heavy atom. The Morgan fingerprint density at radius 3 is 2.46 bits per heavy atom. The Bertz CT molecular complexity index is 1690. The molecule has 1 N–H and O–H groups in total. The van der Waals surface area contributed by atoms with Crippen LogP contribution in [0, 0.1) is 11.3 Å². The highest BCUT2D eigenvalue weighted by molar-refractivity contribution is 9.10. The molecule has 0 aliphatic heterocycles. The van der Waals surface area contributed by atoms with Crippen molar-refractivity contribution in [2.75, 3.05) is 6.61 Å². The van der Waals surface area contributed by atoms with Crippen LogP contribution in [0.4, 0.5) is 0 Å². The molecule has 0 unspecified atom stereocenters. The normalized spacial score (nSPS) is 10.9. The van der Waals surface area contributed by atoms with Crippen LogP contribution in [0.25, 0.3) is 22.1 Å². The zero-order valence-corrected chi connectivity index (χ0v) is 24.5. The molecule has 1 amide bonds. The summed E-state index contributed by atoms with van der Waals surface area (Å²) in [6.45, 7) is 2.55. The van der Waals surface area contributed by atoms with Crippen LogP contribution in [0.5, 0.6) is 5.75 Å². The third kappa shape index (κ3) is 6.70. The van der Waals surface area contributed by atoms with Gasteiger partial charge in [0.15, 0.2) is 6.61 Å². The zero-order chi connectivity index (χ0) is 28.6. The summed E-state index contributed by atoms with van der Waals surface area (Å²) in [5.74, 6) is 1.27. The summed E-state index contributed by atoms with van der Waals surface area (Å²) in [6, 6.07) is 32.2. The molecule has 0 spiro atoms. The van der Waals surface area contributed by atoms with Crippen molar-refractivity contribution in [3.8, 4) is 22.9 Å². The largest absolute Gasteiger partial charge is 0.478 e. The molecule has 41 heavy (non-hydrogen) atoms. The van der Waals surface area contributed by atoms with Gasteiger partial charge in [0.1, 0.15) is 23.2 Å². The molecular weight excluding hydrogens is 576 g/mol. The second-order valence-electron chi connectivity index (χ2n) is 9.93. The van der Waals surface area contributed by atoms with Gasteiger partial charge in [0.05, 0.1) is 10.0 Å². The molecule has 0 saturated carbocycles. The van der Waals surface area contributed by atoms with Crippen LogP contribution < -0.4 is 10.1 Å². The second-order valence-corrected chi connectivity index (χ2v) is 10.8. The molecule has 0 fully saturated rings. The average Bonchev–Trinajstić information content (AvgIpc) is 3.38.